The van der Waals surface area contributed by atoms with Gasteiger partial charge in [0.05, 0.1) is 6.07 Å². The summed E-state index contributed by atoms with van der Waals surface area (Å²) in [6.07, 6.45) is 0. The lowest BCUT2D eigenvalue weighted by atomic mass is 9.92. The van der Waals surface area contributed by atoms with Gasteiger partial charge in [-0.1, -0.05) is 36.7 Å². The number of carbonyl (C=O) groups is 1. The van der Waals surface area contributed by atoms with Gasteiger partial charge in [-0.25, -0.2) is 0 Å². The highest BCUT2D eigenvalue weighted by Crippen LogP contribution is 2.25. The van der Waals surface area contributed by atoms with Crippen LogP contribution in [0, 0.1) is 16.7 Å². The first-order valence-electron chi connectivity index (χ1n) is 3.45. The maximum Gasteiger partial charge on any atom is 0.317 e. The number of alkyl halides is 1. The van der Waals surface area contributed by atoms with Crippen LogP contribution in [0.15, 0.2) is 0 Å². The van der Waals surface area contributed by atoms with Crippen molar-refractivity contribution in [2.24, 2.45) is 5.41 Å². The molecule has 0 bridgehead atoms. The van der Waals surface area contributed by atoms with Crippen LogP contribution >= 0.6 is 15.9 Å². The SMILES string of the molecule is CC#N.CC(C)(C)C(Br)C(=O)O. The number of nitrogens with zero attached hydrogens (tertiary/aromatic N) is 1. The first kappa shape index (κ1) is 14.0. The summed E-state index contributed by atoms with van der Waals surface area (Å²) in [7, 11) is 0. The van der Waals surface area contributed by atoms with E-state index in [4.69, 9.17) is 10.4 Å². The van der Waals surface area contributed by atoms with Crippen molar-refractivity contribution in [2.75, 3.05) is 0 Å². The highest BCUT2D eigenvalue weighted by molar-refractivity contribution is 9.10. The summed E-state index contributed by atoms with van der Waals surface area (Å²) in [5, 5.41) is 15.8. The summed E-state index contributed by atoms with van der Waals surface area (Å²) >= 11 is 3.06. The number of hydrogen-bond acceptors (Lipinski definition) is 2. The Balaban J connectivity index is 0. The maximum absolute atomic E-state index is 10.3. The van der Waals surface area contributed by atoms with Crippen molar-refractivity contribution < 1.29 is 9.90 Å². The average molecular weight is 236 g/mol. The number of halogens is 1. The smallest absolute Gasteiger partial charge is 0.317 e. The van der Waals surface area contributed by atoms with E-state index in [1.54, 1.807) is 6.07 Å². The number of carboxylic acid groups (broad SMARTS) is 1. The molecule has 4 heteroatoms. The van der Waals surface area contributed by atoms with Gasteiger partial charge in [-0.2, -0.15) is 5.26 Å². The molecule has 0 spiro atoms. The van der Waals surface area contributed by atoms with Gasteiger partial charge in [0, 0.05) is 6.92 Å². The van der Waals surface area contributed by atoms with Crippen LogP contribution in [0.1, 0.15) is 27.7 Å². The summed E-state index contributed by atoms with van der Waals surface area (Å²) in [5.41, 5.74) is -0.203. The lowest BCUT2D eigenvalue weighted by Crippen LogP contribution is -2.28. The van der Waals surface area contributed by atoms with Crippen molar-refractivity contribution in [1.29, 1.82) is 5.26 Å². The predicted molar refractivity (Wildman–Crippen MR) is 51.1 cm³/mol. The molecule has 70 valence electrons. The van der Waals surface area contributed by atoms with E-state index in [0.29, 0.717) is 0 Å². The summed E-state index contributed by atoms with van der Waals surface area (Å²) < 4.78 is 0. The molecule has 3 nitrogen and oxygen atoms in total. The molecule has 0 aliphatic heterocycles. The minimum Gasteiger partial charge on any atom is -0.480 e. The normalized spacial score (nSPS) is 12.0. The van der Waals surface area contributed by atoms with Gasteiger partial charge >= 0.3 is 5.97 Å². The Morgan fingerprint density at radius 1 is 1.58 bits per heavy atom. The standard InChI is InChI=1S/C6H11BrO2.C2H3N/c1-6(2,3)4(7)5(8)9;1-2-3/h4H,1-3H3,(H,8,9);1H3. The van der Waals surface area contributed by atoms with Gasteiger partial charge < -0.3 is 5.11 Å². The minimum atomic E-state index is -0.803. The second-order valence-corrected chi connectivity index (χ2v) is 4.21. The second kappa shape index (κ2) is 6.01. The van der Waals surface area contributed by atoms with Crippen molar-refractivity contribution in [3.63, 3.8) is 0 Å². The third-order valence-electron chi connectivity index (χ3n) is 0.977. The first-order valence-corrected chi connectivity index (χ1v) is 4.36. The number of rotatable bonds is 1. The Hall–Kier alpha value is -0.560. The molecule has 0 aromatic carbocycles. The molecule has 1 unspecified atom stereocenters. The summed E-state index contributed by atoms with van der Waals surface area (Å²) in [5.74, 6) is -0.803. The van der Waals surface area contributed by atoms with E-state index in [1.165, 1.54) is 6.92 Å². The molecule has 0 rings (SSSR count). The van der Waals surface area contributed by atoms with Crippen LogP contribution in [0.3, 0.4) is 0 Å². The molecule has 1 N–H and O–H groups in total. The van der Waals surface area contributed by atoms with Crippen LogP contribution in [0.2, 0.25) is 0 Å². The van der Waals surface area contributed by atoms with E-state index < -0.39 is 10.8 Å². The van der Waals surface area contributed by atoms with Crippen LogP contribution < -0.4 is 0 Å². The van der Waals surface area contributed by atoms with E-state index in [0.717, 1.165) is 0 Å². The van der Waals surface area contributed by atoms with Gasteiger partial charge in [0.25, 0.3) is 0 Å². The fourth-order valence-corrected chi connectivity index (χ4v) is 0.370. The van der Waals surface area contributed by atoms with Crippen molar-refractivity contribution in [2.45, 2.75) is 32.5 Å². The first-order chi connectivity index (χ1) is 5.27. The molecule has 0 aliphatic rings. The van der Waals surface area contributed by atoms with E-state index >= 15 is 0 Å². The molecule has 0 fully saturated rings. The van der Waals surface area contributed by atoms with Crippen LogP contribution in [-0.4, -0.2) is 15.9 Å². The molecule has 12 heavy (non-hydrogen) atoms. The Morgan fingerprint density at radius 2 is 1.83 bits per heavy atom. The molecule has 0 aliphatic carbocycles. The van der Waals surface area contributed by atoms with Crippen molar-refractivity contribution >= 4 is 21.9 Å². The van der Waals surface area contributed by atoms with Gasteiger partial charge in [-0.15, -0.1) is 0 Å². The summed E-state index contributed by atoms with van der Waals surface area (Å²) in [6, 6.07) is 1.75. The molecule has 0 aromatic rings. The van der Waals surface area contributed by atoms with Gasteiger partial charge in [0.15, 0.2) is 0 Å². The van der Waals surface area contributed by atoms with E-state index in [-0.39, 0.29) is 5.41 Å². The average Bonchev–Trinajstić information content (AvgIpc) is 1.85. The van der Waals surface area contributed by atoms with E-state index in [2.05, 4.69) is 15.9 Å². The quantitative estimate of drug-likeness (QED) is 0.711. The fourth-order valence-electron chi connectivity index (χ4n) is 0.370. The molecule has 0 saturated carbocycles. The van der Waals surface area contributed by atoms with Gasteiger partial charge in [0.1, 0.15) is 4.83 Å². The molecule has 1 atom stereocenters. The minimum absolute atomic E-state index is 0.203. The largest absolute Gasteiger partial charge is 0.480 e. The second-order valence-electron chi connectivity index (χ2n) is 3.29. The van der Waals surface area contributed by atoms with Crippen molar-refractivity contribution in [1.82, 2.24) is 0 Å². The third kappa shape index (κ3) is 7.55. The van der Waals surface area contributed by atoms with Crippen LogP contribution in [0.5, 0.6) is 0 Å². The zero-order valence-electron chi connectivity index (χ0n) is 7.76. The van der Waals surface area contributed by atoms with Crippen LogP contribution in [0.25, 0.3) is 0 Å². The Morgan fingerprint density at radius 3 is 1.83 bits per heavy atom. The topological polar surface area (TPSA) is 61.1 Å². The van der Waals surface area contributed by atoms with Crippen molar-refractivity contribution in [3.05, 3.63) is 0 Å². The van der Waals surface area contributed by atoms with Gasteiger partial charge in [0.2, 0.25) is 0 Å². The van der Waals surface area contributed by atoms with Crippen LogP contribution in [-0.2, 0) is 4.79 Å². The lowest BCUT2D eigenvalue weighted by Gasteiger charge is -2.20. The molecule has 0 aromatic heterocycles. The Bertz CT molecular complexity index is 178. The fraction of sp³-hybridized carbons (Fsp3) is 0.750. The lowest BCUT2D eigenvalue weighted by molar-refractivity contribution is -0.138. The van der Waals surface area contributed by atoms with Crippen molar-refractivity contribution in [3.8, 4) is 6.07 Å². The number of nitriles is 1. The molecule has 0 radical (unpaired) electrons. The Kier molecular flexibility index (Phi) is 7.01. The number of aliphatic carboxylic acids is 1. The molecular formula is C8H14BrNO2. The third-order valence-corrected chi connectivity index (χ3v) is 2.74. The monoisotopic (exact) mass is 235 g/mol. The molecular weight excluding hydrogens is 222 g/mol. The summed E-state index contributed by atoms with van der Waals surface area (Å²) in [4.78, 5) is 9.85. The Labute approximate surface area is 81.5 Å². The molecule has 0 amide bonds. The zero-order chi connectivity index (χ0) is 10.4. The number of carboxylic acids is 1. The van der Waals surface area contributed by atoms with E-state index in [1.807, 2.05) is 20.8 Å². The highest BCUT2D eigenvalue weighted by atomic mass is 79.9. The molecule has 0 saturated heterocycles. The maximum atomic E-state index is 10.3. The number of hydrogen-bond donors (Lipinski definition) is 1. The highest BCUT2D eigenvalue weighted by Gasteiger charge is 2.27. The van der Waals surface area contributed by atoms with Crippen LogP contribution in [0.4, 0.5) is 0 Å². The van der Waals surface area contributed by atoms with Gasteiger partial charge in [-0.05, 0) is 5.41 Å². The predicted octanol–water partition coefficient (Wildman–Crippen LogP) is 2.41. The molecule has 0 heterocycles. The summed E-state index contributed by atoms with van der Waals surface area (Å²) in [6.45, 7) is 7.06. The van der Waals surface area contributed by atoms with Gasteiger partial charge in [-0.3, -0.25) is 4.79 Å². The zero-order valence-corrected chi connectivity index (χ0v) is 9.34. The van der Waals surface area contributed by atoms with E-state index in [9.17, 15) is 4.79 Å².